The Labute approximate surface area is 197 Å². The molecule has 0 saturated heterocycles. The zero-order valence-corrected chi connectivity index (χ0v) is 19.7. The molecule has 182 valence electrons. The number of ether oxygens (including phenoxy) is 2. The van der Waals surface area contributed by atoms with Crippen LogP contribution in [0.4, 0.5) is 4.79 Å². The Balaban J connectivity index is 1.72. The second-order valence-corrected chi connectivity index (χ2v) is 8.66. The van der Waals surface area contributed by atoms with E-state index in [0.29, 0.717) is 17.4 Å². The zero-order valence-electron chi connectivity index (χ0n) is 19.7. The molecule has 0 saturated carbocycles. The van der Waals surface area contributed by atoms with E-state index in [0.717, 1.165) is 24.6 Å². The van der Waals surface area contributed by atoms with Gasteiger partial charge in [-0.15, -0.1) is 0 Å². The van der Waals surface area contributed by atoms with Gasteiger partial charge >= 0.3 is 12.1 Å². The molecule has 11 nitrogen and oxygen atoms in total. The SMILES string of the molecule is COC(=O)[C@H](Cc1nc2ccc(/C=C/CNC3=NCCN3)cc2c(=O)[nH]1)NC(=O)OC(C)(C)C. The van der Waals surface area contributed by atoms with Crippen molar-refractivity contribution in [3.63, 3.8) is 0 Å². The molecule has 4 N–H and O–H groups in total. The minimum absolute atomic E-state index is 0.0671. The molecule has 0 fully saturated rings. The molecule has 1 aliphatic rings. The molecule has 34 heavy (non-hydrogen) atoms. The fourth-order valence-electron chi connectivity index (χ4n) is 3.25. The summed E-state index contributed by atoms with van der Waals surface area (Å²) in [5.74, 6) is 0.338. The number of aromatic amines is 1. The van der Waals surface area contributed by atoms with Crippen LogP contribution in [0.15, 0.2) is 34.1 Å². The summed E-state index contributed by atoms with van der Waals surface area (Å²) in [7, 11) is 1.21. The molecule has 0 spiro atoms. The summed E-state index contributed by atoms with van der Waals surface area (Å²) in [6.07, 6.45) is 2.99. The highest BCUT2D eigenvalue weighted by molar-refractivity contribution is 5.83. The van der Waals surface area contributed by atoms with Gasteiger partial charge in [-0.1, -0.05) is 18.2 Å². The number of aliphatic imine (C=N–C) groups is 1. The maximum Gasteiger partial charge on any atom is 0.408 e. The highest BCUT2D eigenvalue weighted by atomic mass is 16.6. The van der Waals surface area contributed by atoms with Crippen molar-refractivity contribution in [2.24, 2.45) is 4.99 Å². The molecule has 11 heteroatoms. The van der Waals surface area contributed by atoms with Crippen molar-refractivity contribution in [1.82, 2.24) is 25.9 Å². The number of esters is 1. The number of hydrogen-bond donors (Lipinski definition) is 4. The average molecular weight is 471 g/mol. The Kier molecular flexibility index (Phi) is 7.87. The first-order chi connectivity index (χ1) is 16.1. The predicted octanol–water partition coefficient (Wildman–Crippen LogP) is 1.09. The smallest absolute Gasteiger partial charge is 0.408 e. The summed E-state index contributed by atoms with van der Waals surface area (Å²) >= 11 is 0. The molecular weight excluding hydrogens is 440 g/mol. The van der Waals surface area contributed by atoms with Gasteiger partial charge in [-0.05, 0) is 38.5 Å². The number of benzene rings is 1. The largest absolute Gasteiger partial charge is 0.467 e. The molecule has 2 aromatic rings. The van der Waals surface area contributed by atoms with E-state index in [-0.39, 0.29) is 17.8 Å². The highest BCUT2D eigenvalue weighted by Gasteiger charge is 2.26. The van der Waals surface area contributed by atoms with E-state index in [1.54, 1.807) is 32.9 Å². The molecule has 0 radical (unpaired) electrons. The molecule has 1 aliphatic heterocycles. The van der Waals surface area contributed by atoms with Gasteiger partial charge in [0.25, 0.3) is 5.56 Å². The molecule has 2 heterocycles. The first-order valence-corrected chi connectivity index (χ1v) is 10.9. The third-order valence-electron chi connectivity index (χ3n) is 4.72. The quantitative estimate of drug-likeness (QED) is 0.440. The summed E-state index contributed by atoms with van der Waals surface area (Å²) in [5.41, 5.74) is 0.234. The van der Waals surface area contributed by atoms with E-state index in [9.17, 15) is 14.4 Å². The van der Waals surface area contributed by atoms with Crippen LogP contribution in [0.25, 0.3) is 17.0 Å². The van der Waals surface area contributed by atoms with Gasteiger partial charge in [-0.2, -0.15) is 0 Å². The van der Waals surface area contributed by atoms with Gasteiger partial charge in [0.2, 0.25) is 0 Å². The molecule has 0 aliphatic carbocycles. The first-order valence-electron chi connectivity index (χ1n) is 10.9. The maximum absolute atomic E-state index is 12.7. The van der Waals surface area contributed by atoms with Crippen LogP contribution in [0.5, 0.6) is 0 Å². The molecule has 3 rings (SSSR count). The van der Waals surface area contributed by atoms with E-state index < -0.39 is 23.7 Å². The number of guanidine groups is 1. The number of amides is 1. The Bertz CT molecular complexity index is 1160. The van der Waals surface area contributed by atoms with Gasteiger partial charge in [0.1, 0.15) is 17.5 Å². The number of H-pyrrole nitrogens is 1. The Hall–Kier alpha value is -3.89. The number of aromatic nitrogens is 2. The third-order valence-corrected chi connectivity index (χ3v) is 4.72. The predicted molar refractivity (Wildman–Crippen MR) is 129 cm³/mol. The first kappa shape index (κ1) is 24.7. The fraction of sp³-hybridized carbons (Fsp3) is 0.435. The average Bonchev–Trinajstić information content (AvgIpc) is 3.28. The minimum Gasteiger partial charge on any atom is -0.467 e. The van der Waals surface area contributed by atoms with E-state index in [4.69, 9.17) is 9.47 Å². The van der Waals surface area contributed by atoms with Gasteiger partial charge in [0, 0.05) is 19.5 Å². The van der Waals surface area contributed by atoms with Crippen LogP contribution in [0.1, 0.15) is 32.2 Å². The molecule has 1 atom stereocenters. The Morgan fingerprint density at radius 3 is 2.76 bits per heavy atom. The lowest BCUT2D eigenvalue weighted by atomic mass is 10.1. The van der Waals surface area contributed by atoms with Crippen molar-refractivity contribution in [1.29, 1.82) is 0 Å². The lowest BCUT2D eigenvalue weighted by Gasteiger charge is -2.22. The van der Waals surface area contributed by atoms with Crippen LogP contribution in [0.3, 0.4) is 0 Å². The van der Waals surface area contributed by atoms with Gasteiger partial charge in [-0.25, -0.2) is 14.6 Å². The van der Waals surface area contributed by atoms with Crippen LogP contribution in [-0.4, -0.2) is 66.4 Å². The molecule has 0 bridgehead atoms. The minimum atomic E-state index is -1.07. The number of methoxy groups -OCH3 is 1. The summed E-state index contributed by atoms with van der Waals surface area (Å²) in [6.45, 7) is 7.34. The maximum atomic E-state index is 12.7. The summed E-state index contributed by atoms with van der Waals surface area (Å²) in [4.78, 5) is 48.4. The van der Waals surface area contributed by atoms with Crippen molar-refractivity contribution in [2.45, 2.75) is 38.8 Å². The number of hydrogen-bond acceptors (Lipinski definition) is 9. The van der Waals surface area contributed by atoms with E-state index in [1.165, 1.54) is 7.11 Å². The van der Waals surface area contributed by atoms with Gasteiger partial charge in [0.05, 0.1) is 24.6 Å². The van der Waals surface area contributed by atoms with Gasteiger partial charge < -0.3 is 30.4 Å². The van der Waals surface area contributed by atoms with Crippen LogP contribution < -0.4 is 21.5 Å². The van der Waals surface area contributed by atoms with Crippen LogP contribution >= 0.6 is 0 Å². The van der Waals surface area contributed by atoms with Crippen molar-refractivity contribution in [2.75, 3.05) is 26.7 Å². The van der Waals surface area contributed by atoms with Crippen molar-refractivity contribution in [3.05, 3.63) is 46.0 Å². The fourth-order valence-corrected chi connectivity index (χ4v) is 3.25. The number of fused-ring (bicyclic) bond motifs is 1. The molecule has 0 unspecified atom stereocenters. The number of nitrogens with one attached hydrogen (secondary N) is 4. The Morgan fingerprint density at radius 2 is 2.09 bits per heavy atom. The highest BCUT2D eigenvalue weighted by Crippen LogP contribution is 2.13. The molecule has 1 aromatic heterocycles. The molecule has 1 aromatic carbocycles. The van der Waals surface area contributed by atoms with E-state index in [2.05, 4.69) is 30.9 Å². The van der Waals surface area contributed by atoms with Crippen molar-refractivity contribution >= 4 is 35.0 Å². The van der Waals surface area contributed by atoms with Gasteiger partial charge in [0.15, 0.2) is 5.96 Å². The molecule has 1 amide bonds. The lowest BCUT2D eigenvalue weighted by Crippen LogP contribution is -2.45. The van der Waals surface area contributed by atoms with Crippen LogP contribution in [0.2, 0.25) is 0 Å². The molecular formula is C23H30N6O5. The van der Waals surface area contributed by atoms with Gasteiger partial charge in [-0.3, -0.25) is 9.79 Å². The second-order valence-electron chi connectivity index (χ2n) is 8.66. The van der Waals surface area contributed by atoms with E-state index >= 15 is 0 Å². The third kappa shape index (κ3) is 7.06. The normalized spacial score (nSPS) is 14.4. The van der Waals surface area contributed by atoms with Crippen LogP contribution in [-0.2, 0) is 20.7 Å². The number of rotatable bonds is 7. The monoisotopic (exact) mass is 470 g/mol. The summed E-state index contributed by atoms with van der Waals surface area (Å²) in [6, 6.07) is 4.24. The number of carbonyl (C=O) groups is 2. The number of nitrogens with zero attached hydrogens (tertiary/aromatic N) is 2. The van der Waals surface area contributed by atoms with Crippen molar-refractivity contribution < 1.29 is 19.1 Å². The summed E-state index contributed by atoms with van der Waals surface area (Å²) in [5, 5.41) is 9.17. The van der Waals surface area contributed by atoms with Crippen molar-refractivity contribution in [3.8, 4) is 0 Å². The number of carbonyl (C=O) groups excluding carboxylic acids is 2. The standard InChI is InChI=1S/C23H30N6O5/c1-23(2,3)34-22(32)28-17(20(31)33-4)13-18-27-16-8-7-14(12-15(16)19(30)29-18)6-5-9-24-21-25-10-11-26-21/h5-8,12,17H,9-11,13H2,1-4H3,(H,28,32)(H2,24,25,26)(H,27,29,30)/b6-5+/t17-/m0/s1. The van der Waals surface area contributed by atoms with E-state index in [1.807, 2.05) is 18.2 Å². The Morgan fingerprint density at radius 1 is 1.29 bits per heavy atom. The zero-order chi connectivity index (χ0) is 24.7. The number of alkyl carbamates (subject to hydrolysis) is 1. The second kappa shape index (κ2) is 10.8. The topological polar surface area (TPSA) is 147 Å². The lowest BCUT2D eigenvalue weighted by molar-refractivity contribution is -0.143. The summed E-state index contributed by atoms with van der Waals surface area (Å²) < 4.78 is 9.98. The van der Waals surface area contributed by atoms with Crippen LogP contribution in [0, 0.1) is 0 Å².